The lowest BCUT2D eigenvalue weighted by molar-refractivity contribution is -0.106. The predicted octanol–water partition coefficient (Wildman–Crippen LogP) is 3.59. The zero-order valence-corrected chi connectivity index (χ0v) is 10.8. The van der Waals surface area contributed by atoms with E-state index in [9.17, 15) is 4.79 Å². The van der Waals surface area contributed by atoms with Gasteiger partial charge in [-0.3, -0.25) is 4.99 Å². The standard InChI is InChI=1S/C15H19NO/c1-4-5-11-6-7-13-12(10-11)15(2,3)14(16-13)8-9-17/h6-7,9-10H,4-5,8H2,1-3H3. The lowest BCUT2D eigenvalue weighted by Crippen LogP contribution is -2.25. The van der Waals surface area contributed by atoms with Crippen molar-refractivity contribution in [2.75, 3.05) is 0 Å². The van der Waals surface area contributed by atoms with Crippen LogP contribution in [0.25, 0.3) is 0 Å². The van der Waals surface area contributed by atoms with Crippen molar-refractivity contribution in [3.05, 3.63) is 29.3 Å². The third-order valence-electron chi connectivity index (χ3n) is 3.53. The zero-order chi connectivity index (χ0) is 12.5. The number of aldehydes is 1. The molecule has 2 heteroatoms. The molecule has 1 aromatic carbocycles. The van der Waals surface area contributed by atoms with Crippen molar-refractivity contribution < 1.29 is 4.79 Å². The van der Waals surface area contributed by atoms with E-state index in [1.54, 1.807) is 0 Å². The van der Waals surface area contributed by atoms with Crippen LogP contribution in [0.1, 0.15) is 44.7 Å². The maximum absolute atomic E-state index is 10.7. The molecule has 0 N–H and O–H groups in total. The Morgan fingerprint density at radius 2 is 2.12 bits per heavy atom. The highest BCUT2D eigenvalue weighted by atomic mass is 16.1. The van der Waals surface area contributed by atoms with E-state index in [1.807, 2.05) is 0 Å². The molecular formula is C15H19NO. The van der Waals surface area contributed by atoms with E-state index < -0.39 is 0 Å². The van der Waals surface area contributed by atoms with Crippen LogP contribution in [-0.2, 0) is 16.6 Å². The predicted molar refractivity (Wildman–Crippen MR) is 71.2 cm³/mol. The Balaban J connectivity index is 2.40. The van der Waals surface area contributed by atoms with E-state index in [-0.39, 0.29) is 5.41 Å². The van der Waals surface area contributed by atoms with Crippen molar-refractivity contribution in [1.29, 1.82) is 0 Å². The van der Waals surface area contributed by atoms with Crippen molar-refractivity contribution in [3.63, 3.8) is 0 Å². The highest BCUT2D eigenvalue weighted by molar-refractivity contribution is 6.06. The molecular weight excluding hydrogens is 210 g/mol. The van der Waals surface area contributed by atoms with E-state index in [0.717, 1.165) is 30.5 Å². The molecule has 0 atom stereocenters. The second-order valence-corrected chi connectivity index (χ2v) is 5.16. The molecule has 0 amide bonds. The lowest BCUT2D eigenvalue weighted by atomic mass is 9.80. The molecule has 17 heavy (non-hydrogen) atoms. The molecule has 0 unspecified atom stereocenters. The van der Waals surface area contributed by atoms with Gasteiger partial charge in [-0.25, -0.2) is 0 Å². The van der Waals surface area contributed by atoms with Gasteiger partial charge in [0.2, 0.25) is 0 Å². The van der Waals surface area contributed by atoms with E-state index in [4.69, 9.17) is 0 Å². The van der Waals surface area contributed by atoms with Gasteiger partial charge in [-0.05, 0) is 23.6 Å². The van der Waals surface area contributed by atoms with Crippen LogP contribution in [0, 0.1) is 0 Å². The highest BCUT2D eigenvalue weighted by Gasteiger charge is 2.34. The fourth-order valence-electron chi connectivity index (χ4n) is 2.45. The number of carbonyl (C=O) groups excluding carboxylic acids is 1. The second kappa shape index (κ2) is 4.44. The molecule has 0 aliphatic carbocycles. The summed E-state index contributed by atoms with van der Waals surface area (Å²) in [6.07, 6.45) is 3.64. The summed E-state index contributed by atoms with van der Waals surface area (Å²) in [6.45, 7) is 6.49. The molecule has 0 saturated heterocycles. The van der Waals surface area contributed by atoms with Crippen LogP contribution in [0.4, 0.5) is 5.69 Å². The SMILES string of the molecule is CCCc1ccc2c(c1)C(C)(C)C(CC=O)=N2. The first-order valence-corrected chi connectivity index (χ1v) is 6.24. The summed E-state index contributed by atoms with van der Waals surface area (Å²) in [5.41, 5.74) is 4.55. The van der Waals surface area contributed by atoms with Crippen molar-refractivity contribution in [2.45, 2.75) is 45.4 Å². The molecule has 0 aromatic heterocycles. The van der Waals surface area contributed by atoms with E-state index in [1.165, 1.54) is 11.1 Å². The van der Waals surface area contributed by atoms with Crippen LogP contribution in [0.5, 0.6) is 0 Å². The summed E-state index contributed by atoms with van der Waals surface area (Å²) < 4.78 is 0. The van der Waals surface area contributed by atoms with Crippen LogP contribution in [0.2, 0.25) is 0 Å². The first kappa shape index (κ1) is 12.0. The Labute approximate surface area is 103 Å². The second-order valence-electron chi connectivity index (χ2n) is 5.16. The fraction of sp³-hybridized carbons (Fsp3) is 0.467. The number of rotatable bonds is 4. The maximum atomic E-state index is 10.7. The molecule has 1 aromatic rings. The summed E-state index contributed by atoms with van der Waals surface area (Å²) in [4.78, 5) is 15.3. The number of fused-ring (bicyclic) bond motifs is 1. The van der Waals surface area contributed by atoms with Crippen LogP contribution in [0.15, 0.2) is 23.2 Å². The van der Waals surface area contributed by atoms with Crippen molar-refractivity contribution >= 4 is 17.7 Å². The zero-order valence-electron chi connectivity index (χ0n) is 10.8. The molecule has 2 nitrogen and oxygen atoms in total. The molecule has 0 radical (unpaired) electrons. The molecule has 2 rings (SSSR count). The Hall–Kier alpha value is -1.44. The number of carbonyl (C=O) groups is 1. The third kappa shape index (κ3) is 2.04. The smallest absolute Gasteiger partial charge is 0.125 e. The van der Waals surface area contributed by atoms with Crippen molar-refractivity contribution in [3.8, 4) is 0 Å². The quantitative estimate of drug-likeness (QED) is 0.725. The van der Waals surface area contributed by atoms with Gasteiger partial charge in [0.1, 0.15) is 6.29 Å². The summed E-state index contributed by atoms with van der Waals surface area (Å²) in [7, 11) is 0. The Bertz CT molecular complexity index is 472. The normalized spacial score (nSPS) is 16.5. The monoisotopic (exact) mass is 229 g/mol. The van der Waals surface area contributed by atoms with Gasteiger partial charge in [-0.15, -0.1) is 0 Å². The Morgan fingerprint density at radius 1 is 1.35 bits per heavy atom. The average Bonchev–Trinajstić information content (AvgIpc) is 2.53. The van der Waals surface area contributed by atoms with E-state index in [2.05, 4.69) is 44.0 Å². The van der Waals surface area contributed by atoms with Gasteiger partial charge in [-0.1, -0.05) is 39.3 Å². The topological polar surface area (TPSA) is 29.4 Å². The minimum absolute atomic E-state index is 0.0972. The van der Waals surface area contributed by atoms with Gasteiger partial charge in [0.25, 0.3) is 0 Å². The third-order valence-corrected chi connectivity index (χ3v) is 3.53. The summed E-state index contributed by atoms with van der Waals surface area (Å²) >= 11 is 0. The molecule has 0 fully saturated rings. The molecule has 0 saturated carbocycles. The van der Waals surface area contributed by atoms with Gasteiger partial charge in [0, 0.05) is 17.5 Å². The molecule has 1 aliphatic rings. The van der Waals surface area contributed by atoms with Gasteiger partial charge >= 0.3 is 0 Å². The summed E-state index contributed by atoms with van der Waals surface area (Å²) in [5, 5.41) is 0. The van der Waals surface area contributed by atoms with Gasteiger partial charge in [-0.2, -0.15) is 0 Å². The van der Waals surface area contributed by atoms with Crippen LogP contribution >= 0.6 is 0 Å². The van der Waals surface area contributed by atoms with Crippen LogP contribution in [-0.4, -0.2) is 12.0 Å². The van der Waals surface area contributed by atoms with Gasteiger partial charge in [0.05, 0.1) is 5.69 Å². The number of benzene rings is 1. The fourth-order valence-corrected chi connectivity index (χ4v) is 2.45. The molecule has 1 aliphatic heterocycles. The highest BCUT2D eigenvalue weighted by Crippen LogP contribution is 2.41. The number of hydrogen-bond acceptors (Lipinski definition) is 2. The first-order chi connectivity index (χ1) is 8.09. The summed E-state index contributed by atoms with van der Waals surface area (Å²) in [5.74, 6) is 0. The minimum atomic E-state index is -0.0972. The lowest BCUT2D eigenvalue weighted by Gasteiger charge is -2.21. The number of hydrogen-bond donors (Lipinski definition) is 0. The van der Waals surface area contributed by atoms with E-state index in [0.29, 0.717) is 6.42 Å². The average molecular weight is 229 g/mol. The maximum Gasteiger partial charge on any atom is 0.125 e. The molecule has 90 valence electrons. The molecule has 1 heterocycles. The van der Waals surface area contributed by atoms with Gasteiger partial charge in [0.15, 0.2) is 0 Å². The Morgan fingerprint density at radius 3 is 2.76 bits per heavy atom. The first-order valence-electron chi connectivity index (χ1n) is 6.24. The number of aliphatic imine (C=N–C) groups is 1. The number of nitrogens with zero attached hydrogens (tertiary/aromatic N) is 1. The van der Waals surface area contributed by atoms with Crippen LogP contribution < -0.4 is 0 Å². The summed E-state index contributed by atoms with van der Waals surface area (Å²) in [6, 6.07) is 6.48. The Kier molecular flexibility index (Phi) is 3.14. The molecule has 0 spiro atoms. The van der Waals surface area contributed by atoms with Crippen molar-refractivity contribution in [2.24, 2.45) is 4.99 Å². The van der Waals surface area contributed by atoms with Crippen molar-refractivity contribution in [1.82, 2.24) is 0 Å². The number of aryl methyl sites for hydroxylation is 1. The van der Waals surface area contributed by atoms with E-state index >= 15 is 0 Å². The van der Waals surface area contributed by atoms with Crippen LogP contribution in [0.3, 0.4) is 0 Å². The minimum Gasteiger partial charge on any atom is -0.303 e. The molecule has 0 bridgehead atoms. The largest absolute Gasteiger partial charge is 0.303 e. The van der Waals surface area contributed by atoms with Gasteiger partial charge < -0.3 is 4.79 Å².